The Morgan fingerprint density at radius 3 is 2.82 bits per heavy atom. The van der Waals surface area contributed by atoms with Crippen molar-refractivity contribution < 1.29 is 5.21 Å². The highest BCUT2D eigenvalue weighted by Gasteiger charge is 2.27. The minimum absolute atomic E-state index is 0.0410. The molecule has 3 N–H and O–H groups in total. The Morgan fingerprint density at radius 1 is 1.59 bits per heavy atom. The molecular formula is C12H26N4O. The molecule has 100 valence electrons. The van der Waals surface area contributed by atoms with Gasteiger partial charge in [-0.1, -0.05) is 19.0 Å². The van der Waals surface area contributed by atoms with Crippen LogP contribution < -0.4 is 5.73 Å². The maximum absolute atomic E-state index is 8.77. The summed E-state index contributed by atoms with van der Waals surface area (Å²) in [7, 11) is 2.05. The first-order valence-corrected chi connectivity index (χ1v) is 6.55. The van der Waals surface area contributed by atoms with Gasteiger partial charge in [-0.05, 0) is 39.4 Å². The zero-order chi connectivity index (χ0) is 12.8. The Kier molecular flexibility index (Phi) is 5.71. The monoisotopic (exact) mass is 242 g/mol. The van der Waals surface area contributed by atoms with E-state index in [4.69, 9.17) is 10.9 Å². The molecule has 0 amide bonds. The van der Waals surface area contributed by atoms with Gasteiger partial charge in [0.25, 0.3) is 0 Å². The van der Waals surface area contributed by atoms with E-state index in [1.807, 2.05) is 0 Å². The van der Waals surface area contributed by atoms with Gasteiger partial charge in [-0.2, -0.15) is 0 Å². The SMILES string of the molecule is CCC(C(N)=NO)N(C)CC1CCCN1CC. The zero-order valence-corrected chi connectivity index (χ0v) is 11.3. The molecule has 17 heavy (non-hydrogen) atoms. The number of nitrogens with zero attached hydrogens (tertiary/aromatic N) is 3. The van der Waals surface area contributed by atoms with Gasteiger partial charge in [0.15, 0.2) is 5.84 Å². The topological polar surface area (TPSA) is 65.1 Å². The fraction of sp³-hybridized carbons (Fsp3) is 0.917. The lowest BCUT2D eigenvalue weighted by Crippen LogP contribution is -2.47. The standard InChI is InChI=1S/C12H26N4O/c1-4-11(12(13)14-17)15(3)9-10-7-6-8-16(10)5-2/h10-11,17H,4-9H2,1-3H3,(H2,13,14). The largest absolute Gasteiger partial charge is 0.409 e. The molecule has 2 atom stereocenters. The molecule has 0 spiro atoms. The molecule has 2 unspecified atom stereocenters. The van der Waals surface area contributed by atoms with Crippen LogP contribution in [0.4, 0.5) is 0 Å². The minimum Gasteiger partial charge on any atom is -0.409 e. The van der Waals surface area contributed by atoms with Gasteiger partial charge in [0.05, 0.1) is 6.04 Å². The molecule has 1 heterocycles. The van der Waals surface area contributed by atoms with Crippen molar-refractivity contribution in [3.8, 4) is 0 Å². The third-order valence-corrected chi connectivity index (χ3v) is 3.78. The molecule has 0 bridgehead atoms. The second-order valence-corrected chi connectivity index (χ2v) is 4.81. The summed E-state index contributed by atoms with van der Waals surface area (Å²) in [6, 6.07) is 0.657. The Bertz CT molecular complexity index is 257. The fourth-order valence-electron chi connectivity index (χ4n) is 2.79. The fourth-order valence-corrected chi connectivity index (χ4v) is 2.79. The number of likely N-dealkylation sites (N-methyl/N-ethyl adjacent to an activating group) is 2. The minimum atomic E-state index is 0.0410. The molecule has 0 aromatic heterocycles. The molecule has 5 heteroatoms. The number of nitrogens with two attached hydrogens (primary N) is 1. The van der Waals surface area contributed by atoms with Crippen molar-refractivity contribution in [3.05, 3.63) is 0 Å². The lowest BCUT2D eigenvalue weighted by atomic mass is 10.1. The smallest absolute Gasteiger partial charge is 0.156 e. The first-order chi connectivity index (χ1) is 8.13. The molecule has 1 aliphatic rings. The summed E-state index contributed by atoms with van der Waals surface area (Å²) < 4.78 is 0. The number of hydrogen-bond acceptors (Lipinski definition) is 4. The molecule has 1 aliphatic heterocycles. The summed E-state index contributed by atoms with van der Waals surface area (Å²) in [5.74, 6) is 0.316. The van der Waals surface area contributed by atoms with Crippen LogP contribution in [-0.2, 0) is 0 Å². The number of rotatable bonds is 6. The van der Waals surface area contributed by atoms with Crippen molar-refractivity contribution in [2.75, 3.05) is 26.7 Å². The van der Waals surface area contributed by atoms with Gasteiger partial charge in [-0.25, -0.2) is 0 Å². The van der Waals surface area contributed by atoms with E-state index in [9.17, 15) is 0 Å². The second kappa shape index (κ2) is 6.81. The van der Waals surface area contributed by atoms with Gasteiger partial charge in [0, 0.05) is 12.6 Å². The van der Waals surface area contributed by atoms with Gasteiger partial charge < -0.3 is 10.9 Å². The van der Waals surface area contributed by atoms with Crippen LogP contribution in [0.3, 0.4) is 0 Å². The van der Waals surface area contributed by atoms with E-state index in [1.54, 1.807) is 0 Å². The third-order valence-electron chi connectivity index (χ3n) is 3.78. The summed E-state index contributed by atoms with van der Waals surface area (Å²) in [4.78, 5) is 4.71. The summed E-state index contributed by atoms with van der Waals surface area (Å²) in [6.07, 6.45) is 3.41. The second-order valence-electron chi connectivity index (χ2n) is 4.81. The first kappa shape index (κ1) is 14.3. The number of oxime groups is 1. The molecule has 0 radical (unpaired) electrons. The van der Waals surface area contributed by atoms with Crippen LogP contribution >= 0.6 is 0 Å². The van der Waals surface area contributed by atoms with Crippen LogP contribution in [-0.4, -0.2) is 59.6 Å². The van der Waals surface area contributed by atoms with Crippen molar-refractivity contribution in [1.29, 1.82) is 0 Å². The van der Waals surface area contributed by atoms with E-state index in [2.05, 4.69) is 35.9 Å². The van der Waals surface area contributed by atoms with Crippen LogP contribution in [0.2, 0.25) is 0 Å². The van der Waals surface area contributed by atoms with Crippen LogP contribution in [0.1, 0.15) is 33.1 Å². The average molecular weight is 242 g/mol. The van der Waals surface area contributed by atoms with Crippen molar-refractivity contribution >= 4 is 5.84 Å². The van der Waals surface area contributed by atoms with E-state index in [0.29, 0.717) is 11.9 Å². The Labute approximate surface area is 104 Å². The highest BCUT2D eigenvalue weighted by atomic mass is 16.4. The molecule has 0 aromatic carbocycles. The lowest BCUT2D eigenvalue weighted by Gasteiger charge is -2.32. The predicted molar refractivity (Wildman–Crippen MR) is 70.4 cm³/mol. The zero-order valence-electron chi connectivity index (χ0n) is 11.3. The normalized spacial score (nSPS) is 24.5. The number of hydrogen-bond donors (Lipinski definition) is 2. The van der Waals surface area contributed by atoms with Gasteiger partial charge >= 0.3 is 0 Å². The third kappa shape index (κ3) is 3.57. The van der Waals surface area contributed by atoms with E-state index in [1.165, 1.54) is 19.4 Å². The highest BCUT2D eigenvalue weighted by Crippen LogP contribution is 2.18. The Morgan fingerprint density at radius 2 is 2.29 bits per heavy atom. The summed E-state index contributed by atoms with van der Waals surface area (Å²) in [5, 5.41) is 11.9. The summed E-state index contributed by atoms with van der Waals surface area (Å²) >= 11 is 0. The van der Waals surface area contributed by atoms with Gasteiger partial charge in [0.1, 0.15) is 0 Å². The van der Waals surface area contributed by atoms with Crippen LogP contribution in [0.15, 0.2) is 5.16 Å². The first-order valence-electron chi connectivity index (χ1n) is 6.55. The summed E-state index contributed by atoms with van der Waals surface area (Å²) in [5.41, 5.74) is 5.71. The number of likely N-dealkylation sites (tertiary alicyclic amines) is 1. The predicted octanol–water partition coefficient (Wildman–Crippen LogP) is 0.928. The Balaban J connectivity index is 2.54. The van der Waals surface area contributed by atoms with E-state index >= 15 is 0 Å². The molecule has 1 fully saturated rings. The van der Waals surface area contributed by atoms with Gasteiger partial charge in [0.2, 0.25) is 0 Å². The summed E-state index contributed by atoms with van der Waals surface area (Å²) in [6.45, 7) is 7.57. The van der Waals surface area contributed by atoms with E-state index in [-0.39, 0.29) is 6.04 Å². The molecule has 1 rings (SSSR count). The maximum atomic E-state index is 8.77. The Hall–Kier alpha value is -0.810. The van der Waals surface area contributed by atoms with Crippen molar-refractivity contribution in [3.63, 3.8) is 0 Å². The highest BCUT2D eigenvalue weighted by molar-refractivity contribution is 5.85. The van der Waals surface area contributed by atoms with E-state index < -0.39 is 0 Å². The lowest BCUT2D eigenvalue weighted by molar-refractivity contribution is 0.181. The molecule has 0 aromatic rings. The number of amidine groups is 1. The van der Waals surface area contributed by atoms with Crippen molar-refractivity contribution in [2.45, 2.75) is 45.2 Å². The van der Waals surface area contributed by atoms with Crippen molar-refractivity contribution in [2.24, 2.45) is 10.9 Å². The van der Waals surface area contributed by atoms with Crippen LogP contribution in [0, 0.1) is 0 Å². The maximum Gasteiger partial charge on any atom is 0.156 e. The van der Waals surface area contributed by atoms with Crippen LogP contribution in [0.25, 0.3) is 0 Å². The quantitative estimate of drug-likeness (QED) is 0.315. The molecular weight excluding hydrogens is 216 g/mol. The molecule has 5 nitrogen and oxygen atoms in total. The van der Waals surface area contributed by atoms with E-state index in [0.717, 1.165) is 19.5 Å². The van der Waals surface area contributed by atoms with Crippen molar-refractivity contribution in [1.82, 2.24) is 9.80 Å². The van der Waals surface area contributed by atoms with Crippen LogP contribution in [0.5, 0.6) is 0 Å². The average Bonchev–Trinajstić information content (AvgIpc) is 2.76. The molecule has 0 aliphatic carbocycles. The van der Waals surface area contributed by atoms with Gasteiger partial charge in [-0.15, -0.1) is 0 Å². The molecule has 1 saturated heterocycles. The molecule has 0 saturated carbocycles. The van der Waals surface area contributed by atoms with Gasteiger partial charge in [-0.3, -0.25) is 9.80 Å².